The van der Waals surface area contributed by atoms with Gasteiger partial charge in [-0.15, -0.1) is 0 Å². The van der Waals surface area contributed by atoms with Crippen molar-refractivity contribution in [3.63, 3.8) is 0 Å². The van der Waals surface area contributed by atoms with Crippen LogP contribution in [-0.2, 0) is 6.42 Å². The van der Waals surface area contributed by atoms with Gasteiger partial charge >= 0.3 is 0 Å². The first-order chi connectivity index (χ1) is 4.97. The van der Waals surface area contributed by atoms with E-state index in [-0.39, 0.29) is 0 Å². The Balaban J connectivity index is 2.65. The van der Waals surface area contributed by atoms with Gasteiger partial charge in [-0.1, -0.05) is 20.8 Å². The maximum absolute atomic E-state index is 5.55. The predicted molar refractivity (Wildman–Crippen MR) is 49.7 cm³/mol. The second kappa shape index (κ2) is 2.81. The fourth-order valence-corrected chi connectivity index (χ4v) is 1.48. The quantitative estimate of drug-likeness (QED) is 0.702. The van der Waals surface area contributed by atoms with Crippen LogP contribution in [0.4, 0.5) is 5.00 Å². The highest BCUT2D eigenvalue weighted by Crippen LogP contribution is 2.22. The molecule has 1 heterocycles. The van der Waals surface area contributed by atoms with Crippen LogP contribution in [0.15, 0.2) is 6.07 Å². The molecule has 0 spiro atoms. The summed E-state index contributed by atoms with van der Waals surface area (Å²) in [6.07, 6.45) is 1.00. The maximum Gasteiger partial charge on any atom is 0.107 e. The third-order valence-electron chi connectivity index (χ3n) is 1.29. The lowest BCUT2D eigenvalue weighted by molar-refractivity contribution is 0.408. The summed E-state index contributed by atoms with van der Waals surface area (Å²) >= 11 is 1.37. The zero-order valence-corrected chi connectivity index (χ0v) is 8.03. The third-order valence-corrected chi connectivity index (χ3v) is 1.94. The Morgan fingerprint density at radius 3 is 2.55 bits per heavy atom. The van der Waals surface area contributed by atoms with E-state index in [1.807, 2.05) is 6.07 Å². The zero-order valence-electron chi connectivity index (χ0n) is 7.22. The summed E-state index contributed by atoms with van der Waals surface area (Å²) in [4.78, 5) is 0. The van der Waals surface area contributed by atoms with E-state index in [4.69, 9.17) is 5.73 Å². The molecule has 2 nitrogen and oxygen atoms in total. The van der Waals surface area contributed by atoms with Gasteiger partial charge in [0.05, 0.1) is 5.69 Å². The summed E-state index contributed by atoms with van der Waals surface area (Å²) in [7, 11) is 0. The number of aromatic nitrogens is 1. The number of rotatable bonds is 1. The average molecular weight is 170 g/mol. The largest absolute Gasteiger partial charge is 0.389 e. The van der Waals surface area contributed by atoms with Crippen molar-refractivity contribution in [3.8, 4) is 0 Å². The summed E-state index contributed by atoms with van der Waals surface area (Å²) < 4.78 is 4.22. The first-order valence-electron chi connectivity index (χ1n) is 3.68. The van der Waals surface area contributed by atoms with Gasteiger partial charge in [-0.2, -0.15) is 4.37 Å². The molecule has 0 amide bonds. The van der Waals surface area contributed by atoms with Crippen molar-refractivity contribution in [3.05, 3.63) is 11.8 Å². The Hall–Kier alpha value is -0.570. The molecule has 11 heavy (non-hydrogen) atoms. The molecule has 2 N–H and O–H groups in total. The lowest BCUT2D eigenvalue weighted by Gasteiger charge is -2.15. The van der Waals surface area contributed by atoms with Crippen molar-refractivity contribution in [2.75, 3.05) is 5.73 Å². The highest BCUT2D eigenvalue weighted by atomic mass is 32.1. The SMILES string of the molecule is CC(C)(C)Cc1cc(N)sn1. The first-order valence-corrected chi connectivity index (χ1v) is 4.46. The monoisotopic (exact) mass is 170 g/mol. The Morgan fingerprint density at radius 1 is 1.55 bits per heavy atom. The molecule has 0 aliphatic heterocycles. The van der Waals surface area contributed by atoms with Gasteiger partial charge in [0, 0.05) is 0 Å². The van der Waals surface area contributed by atoms with E-state index in [1.165, 1.54) is 11.5 Å². The number of nitrogens with two attached hydrogens (primary N) is 1. The van der Waals surface area contributed by atoms with Crippen LogP contribution < -0.4 is 5.73 Å². The standard InChI is InChI=1S/C8H14N2S/c1-8(2,3)5-6-4-7(9)11-10-6/h4H,5,9H2,1-3H3. The normalized spacial score (nSPS) is 11.9. The number of hydrogen-bond acceptors (Lipinski definition) is 3. The van der Waals surface area contributed by atoms with Gasteiger partial charge in [0.25, 0.3) is 0 Å². The van der Waals surface area contributed by atoms with Crippen LogP contribution >= 0.6 is 11.5 Å². The van der Waals surface area contributed by atoms with Gasteiger partial charge < -0.3 is 5.73 Å². The molecule has 0 saturated heterocycles. The molecule has 0 atom stereocenters. The lowest BCUT2D eigenvalue weighted by Crippen LogP contribution is -2.08. The smallest absolute Gasteiger partial charge is 0.107 e. The third kappa shape index (κ3) is 2.89. The highest BCUT2D eigenvalue weighted by molar-refractivity contribution is 7.10. The van der Waals surface area contributed by atoms with Crippen molar-refractivity contribution in [2.24, 2.45) is 5.41 Å². The summed E-state index contributed by atoms with van der Waals surface area (Å²) in [5.74, 6) is 0. The fraction of sp³-hybridized carbons (Fsp3) is 0.625. The number of anilines is 1. The Kier molecular flexibility index (Phi) is 2.18. The molecule has 1 aromatic rings. The zero-order chi connectivity index (χ0) is 8.48. The van der Waals surface area contributed by atoms with Crippen molar-refractivity contribution in [1.82, 2.24) is 4.37 Å². The second-order valence-corrected chi connectivity index (χ2v) is 4.79. The van der Waals surface area contributed by atoms with E-state index in [9.17, 15) is 0 Å². The van der Waals surface area contributed by atoms with Crippen LogP contribution in [-0.4, -0.2) is 4.37 Å². The van der Waals surface area contributed by atoms with Gasteiger partial charge in [-0.25, -0.2) is 0 Å². The average Bonchev–Trinajstić information content (AvgIpc) is 2.10. The van der Waals surface area contributed by atoms with Crippen LogP contribution in [0.5, 0.6) is 0 Å². The number of hydrogen-bond donors (Lipinski definition) is 1. The van der Waals surface area contributed by atoms with Crippen molar-refractivity contribution < 1.29 is 0 Å². The molecular formula is C8H14N2S. The van der Waals surface area contributed by atoms with Gasteiger partial charge in [-0.05, 0) is 29.4 Å². The minimum atomic E-state index is 0.306. The minimum Gasteiger partial charge on any atom is -0.389 e. The Bertz CT molecular complexity index is 234. The molecule has 0 aromatic carbocycles. The van der Waals surface area contributed by atoms with Crippen molar-refractivity contribution in [1.29, 1.82) is 0 Å². The highest BCUT2D eigenvalue weighted by Gasteiger charge is 2.12. The molecule has 0 saturated carbocycles. The van der Waals surface area contributed by atoms with E-state index in [1.54, 1.807) is 0 Å². The fourth-order valence-electron chi connectivity index (χ4n) is 0.955. The molecule has 1 aromatic heterocycles. The summed E-state index contributed by atoms with van der Waals surface area (Å²) in [5, 5.41) is 0.809. The van der Waals surface area contributed by atoms with E-state index in [0.29, 0.717) is 5.41 Å². The molecule has 0 aliphatic carbocycles. The van der Waals surface area contributed by atoms with E-state index >= 15 is 0 Å². The van der Waals surface area contributed by atoms with E-state index in [2.05, 4.69) is 25.1 Å². The molecule has 0 unspecified atom stereocenters. The van der Waals surface area contributed by atoms with Gasteiger partial charge in [-0.3, -0.25) is 0 Å². The van der Waals surface area contributed by atoms with Crippen molar-refractivity contribution in [2.45, 2.75) is 27.2 Å². The van der Waals surface area contributed by atoms with Crippen molar-refractivity contribution >= 4 is 16.5 Å². The second-order valence-electron chi connectivity index (χ2n) is 3.96. The number of nitrogens with zero attached hydrogens (tertiary/aromatic N) is 1. The predicted octanol–water partition coefficient (Wildman–Crippen LogP) is 2.31. The lowest BCUT2D eigenvalue weighted by atomic mass is 9.91. The first kappa shape index (κ1) is 8.53. The maximum atomic E-state index is 5.55. The molecule has 0 aliphatic rings. The van der Waals surface area contributed by atoms with Crippen LogP contribution in [0, 0.1) is 5.41 Å². The summed E-state index contributed by atoms with van der Waals surface area (Å²) in [6.45, 7) is 6.59. The topological polar surface area (TPSA) is 38.9 Å². The van der Waals surface area contributed by atoms with E-state index in [0.717, 1.165) is 17.1 Å². The summed E-state index contributed by atoms with van der Waals surface area (Å²) in [6, 6.07) is 1.95. The van der Waals surface area contributed by atoms with Crippen LogP contribution in [0.25, 0.3) is 0 Å². The summed E-state index contributed by atoms with van der Waals surface area (Å²) in [5.41, 5.74) is 6.97. The molecule has 0 fully saturated rings. The van der Waals surface area contributed by atoms with E-state index < -0.39 is 0 Å². The van der Waals surface area contributed by atoms with Crippen LogP contribution in [0.1, 0.15) is 26.5 Å². The van der Waals surface area contributed by atoms with Gasteiger partial charge in [0.2, 0.25) is 0 Å². The van der Waals surface area contributed by atoms with Gasteiger partial charge in [0.15, 0.2) is 0 Å². The molecule has 0 radical (unpaired) electrons. The molecule has 1 rings (SSSR count). The number of nitrogen functional groups attached to an aromatic ring is 1. The Labute approximate surface area is 71.6 Å². The van der Waals surface area contributed by atoms with Crippen LogP contribution in [0.2, 0.25) is 0 Å². The van der Waals surface area contributed by atoms with Crippen LogP contribution in [0.3, 0.4) is 0 Å². The molecular weight excluding hydrogens is 156 g/mol. The molecule has 62 valence electrons. The minimum absolute atomic E-state index is 0.306. The molecule has 3 heteroatoms. The van der Waals surface area contributed by atoms with Gasteiger partial charge in [0.1, 0.15) is 5.00 Å². The Morgan fingerprint density at radius 2 is 2.18 bits per heavy atom. The molecule has 0 bridgehead atoms.